The van der Waals surface area contributed by atoms with Gasteiger partial charge in [0, 0.05) is 6.42 Å². The van der Waals surface area contributed by atoms with Crippen LogP contribution in [0.25, 0.3) is 11.1 Å². The van der Waals surface area contributed by atoms with Crippen molar-refractivity contribution < 1.29 is 4.52 Å². The van der Waals surface area contributed by atoms with Gasteiger partial charge in [0.25, 0.3) is 0 Å². The summed E-state index contributed by atoms with van der Waals surface area (Å²) in [4.78, 5) is 0. The number of nitrogens with two attached hydrogens (primary N) is 1. The highest BCUT2D eigenvalue weighted by atomic mass is 16.5. The maximum Gasteiger partial charge on any atom is 0.175 e. The molecule has 0 aliphatic heterocycles. The zero-order chi connectivity index (χ0) is 13.9. The van der Waals surface area contributed by atoms with Crippen LogP contribution < -0.4 is 5.73 Å². The Hall–Kier alpha value is -1.77. The minimum atomic E-state index is 0.515. The Morgan fingerprint density at radius 3 is 2.75 bits per heavy atom. The minimum absolute atomic E-state index is 0.515. The zero-order valence-corrected chi connectivity index (χ0v) is 12.1. The van der Waals surface area contributed by atoms with Crippen LogP contribution in [0.15, 0.2) is 28.8 Å². The van der Waals surface area contributed by atoms with Crippen molar-refractivity contribution in [1.82, 2.24) is 5.16 Å². The lowest BCUT2D eigenvalue weighted by atomic mass is 9.95. The summed E-state index contributed by atoms with van der Waals surface area (Å²) in [5, 5.41) is 3.98. The summed E-state index contributed by atoms with van der Waals surface area (Å²) in [6.45, 7) is 2.10. The molecule has 3 rings (SSSR count). The van der Waals surface area contributed by atoms with Gasteiger partial charge in [-0.15, -0.1) is 0 Å². The van der Waals surface area contributed by atoms with E-state index >= 15 is 0 Å². The molecular weight excluding hydrogens is 248 g/mol. The van der Waals surface area contributed by atoms with Gasteiger partial charge in [0.15, 0.2) is 5.82 Å². The molecule has 1 fully saturated rings. The smallest absolute Gasteiger partial charge is 0.175 e. The first-order valence-electron chi connectivity index (χ1n) is 7.55. The molecule has 2 aromatic rings. The molecule has 106 valence electrons. The molecule has 1 heterocycles. The van der Waals surface area contributed by atoms with Gasteiger partial charge >= 0.3 is 0 Å². The lowest BCUT2D eigenvalue weighted by Gasteiger charge is -2.09. The van der Waals surface area contributed by atoms with Gasteiger partial charge < -0.3 is 10.3 Å². The van der Waals surface area contributed by atoms with Crippen LogP contribution in [-0.2, 0) is 6.42 Å². The predicted molar refractivity (Wildman–Crippen MR) is 81.4 cm³/mol. The van der Waals surface area contributed by atoms with E-state index in [-0.39, 0.29) is 0 Å². The van der Waals surface area contributed by atoms with E-state index < -0.39 is 0 Å². The van der Waals surface area contributed by atoms with E-state index in [4.69, 9.17) is 10.3 Å². The van der Waals surface area contributed by atoms with Crippen molar-refractivity contribution in [2.75, 3.05) is 5.73 Å². The van der Waals surface area contributed by atoms with Crippen LogP contribution in [0, 0.1) is 12.8 Å². The topological polar surface area (TPSA) is 52.0 Å². The van der Waals surface area contributed by atoms with E-state index in [9.17, 15) is 0 Å². The lowest BCUT2D eigenvalue weighted by molar-refractivity contribution is 0.370. The number of anilines is 1. The average Bonchev–Trinajstić information content (AvgIpc) is 3.07. The summed E-state index contributed by atoms with van der Waals surface area (Å²) in [6, 6.07) is 8.27. The molecule has 1 aliphatic rings. The van der Waals surface area contributed by atoms with Crippen molar-refractivity contribution in [1.29, 1.82) is 0 Å². The lowest BCUT2D eigenvalue weighted by Crippen LogP contribution is -1.98. The third kappa shape index (κ3) is 2.58. The quantitative estimate of drug-likeness (QED) is 0.898. The summed E-state index contributed by atoms with van der Waals surface area (Å²) < 4.78 is 5.49. The number of hydrogen-bond donors (Lipinski definition) is 1. The van der Waals surface area contributed by atoms with E-state index in [2.05, 4.69) is 24.2 Å². The Kier molecular flexibility index (Phi) is 3.77. The highest BCUT2D eigenvalue weighted by molar-refractivity contribution is 5.77. The van der Waals surface area contributed by atoms with Crippen LogP contribution in [0.1, 0.15) is 43.4 Å². The fourth-order valence-electron chi connectivity index (χ4n) is 3.28. The first-order valence-corrected chi connectivity index (χ1v) is 7.55. The van der Waals surface area contributed by atoms with Crippen LogP contribution in [-0.4, -0.2) is 5.16 Å². The zero-order valence-electron chi connectivity index (χ0n) is 12.1. The molecule has 1 aliphatic carbocycles. The molecule has 0 bridgehead atoms. The number of benzene rings is 1. The molecule has 0 unspecified atom stereocenters. The summed E-state index contributed by atoms with van der Waals surface area (Å²) in [7, 11) is 0. The van der Waals surface area contributed by atoms with Gasteiger partial charge in [0.1, 0.15) is 5.76 Å². The van der Waals surface area contributed by atoms with E-state index in [1.54, 1.807) is 0 Å². The molecule has 0 amide bonds. The van der Waals surface area contributed by atoms with Crippen molar-refractivity contribution >= 4 is 5.82 Å². The Balaban J connectivity index is 1.84. The van der Waals surface area contributed by atoms with Gasteiger partial charge in [-0.3, -0.25) is 0 Å². The van der Waals surface area contributed by atoms with E-state index in [0.717, 1.165) is 29.2 Å². The molecular formula is C17H22N2O. The molecule has 2 N–H and O–H groups in total. The van der Waals surface area contributed by atoms with Gasteiger partial charge in [0.2, 0.25) is 0 Å². The van der Waals surface area contributed by atoms with Crippen molar-refractivity contribution in [2.24, 2.45) is 5.92 Å². The normalized spacial score (nSPS) is 15.8. The van der Waals surface area contributed by atoms with Crippen LogP contribution in [0.2, 0.25) is 0 Å². The Morgan fingerprint density at radius 2 is 2.00 bits per heavy atom. The number of rotatable bonds is 4. The standard InChI is InChI=1S/C17H22N2O/c1-12-6-2-5-9-14(12)16-15(20-19-17(16)18)11-10-13-7-3-4-8-13/h2,5-6,9,13H,3-4,7-8,10-11H2,1H3,(H2,18,19). The molecule has 0 atom stereocenters. The second-order valence-corrected chi connectivity index (χ2v) is 5.87. The van der Waals surface area contributed by atoms with Crippen molar-refractivity contribution in [3.05, 3.63) is 35.6 Å². The molecule has 1 saturated carbocycles. The second-order valence-electron chi connectivity index (χ2n) is 5.87. The van der Waals surface area contributed by atoms with Gasteiger partial charge in [-0.2, -0.15) is 0 Å². The largest absolute Gasteiger partial charge is 0.380 e. The molecule has 3 heteroatoms. The van der Waals surface area contributed by atoms with E-state index in [1.165, 1.54) is 37.7 Å². The minimum Gasteiger partial charge on any atom is -0.380 e. The third-order valence-electron chi connectivity index (χ3n) is 4.46. The average molecular weight is 270 g/mol. The highest BCUT2D eigenvalue weighted by Gasteiger charge is 2.20. The number of nitrogen functional groups attached to an aromatic ring is 1. The fourth-order valence-corrected chi connectivity index (χ4v) is 3.28. The molecule has 0 radical (unpaired) electrons. The number of hydrogen-bond acceptors (Lipinski definition) is 3. The van der Waals surface area contributed by atoms with Gasteiger partial charge in [-0.25, -0.2) is 0 Å². The van der Waals surface area contributed by atoms with E-state index in [0.29, 0.717) is 5.82 Å². The van der Waals surface area contributed by atoms with Gasteiger partial charge in [0.05, 0.1) is 5.56 Å². The van der Waals surface area contributed by atoms with Crippen molar-refractivity contribution in [2.45, 2.75) is 45.4 Å². The summed E-state index contributed by atoms with van der Waals surface area (Å²) in [5.41, 5.74) is 9.38. The molecule has 1 aromatic heterocycles. The second kappa shape index (κ2) is 5.70. The van der Waals surface area contributed by atoms with Crippen LogP contribution in [0.5, 0.6) is 0 Å². The summed E-state index contributed by atoms with van der Waals surface area (Å²) in [6.07, 6.45) is 7.63. The van der Waals surface area contributed by atoms with Crippen molar-refractivity contribution in [3.63, 3.8) is 0 Å². The molecule has 1 aromatic carbocycles. The maximum atomic E-state index is 6.02. The van der Waals surface area contributed by atoms with Crippen LogP contribution in [0.4, 0.5) is 5.82 Å². The van der Waals surface area contributed by atoms with Crippen LogP contribution >= 0.6 is 0 Å². The number of nitrogens with zero attached hydrogens (tertiary/aromatic N) is 1. The van der Waals surface area contributed by atoms with Gasteiger partial charge in [-0.05, 0) is 30.4 Å². The summed E-state index contributed by atoms with van der Waals surface area (Å²) in [5.74, 6) is 2.32. The Bertz CT molecular complexity index is 582. The van der Waals surface area contributed by atoms with Crippen molar-refractivity contribution in [3.8, 4) is 11.1 Å². The maximum absolute atomic E-state index is 6.02. The van der Waals surface area contributed by atoms with E-state index in [1.807, 2.05) is 12.1 Å². The fraction of sp³-hybridized carbons (Fsp3) is 0.471. The molecule has 20 heavy (non-hydrogen) atoms. The SMILES string of the molecule is Cc1ccccc1-c1c(N)noc1CCC1CCCC1. The highest BCUT2D eigenvalue weighted by Crippen LogP contribution is 2.35. The first kappa shape index (κ1) is 13.2. The summed E-state index contributed by atoms with van der Waals surface area (Å²) >= 11 is 0. The third-order valence-corrected chi connectivity index (χ3v) is 4.46. The number of aromatic nitrogens is 1. The first-order chi connectivity index (χ1) is 9.75. The van der Waals surface area contributed by atoms with Gasteiger partial charge in [-0.1, -0.05) is 55.1 Å². The molecule has 3 nitrogen and oxygen atoms in total. The Labute approximate surface area is 120 Å². The Morgan fingerprint density at radius 1 is 1.25 bits per heavy atom. The van der Waals surface area contributed by atoms with Crippen LogP contribution in [0.3, 0.4) is 0 Å². The molecule has 0 saturated heterocycles. The predicted octanol–water partition coefficient (Wildman–Crippen LogP) is 4.36. The number of aryl methyl sites for hydroxylation is 2. The molecule has 0 spiro atoms. The monoisotopic (exact) mass is 270 g/mol.